The van der Waals surface area contributed by atoms with Gasteiger partial charge in [0.25, 0.3) is 0 Å². The number of carboxylic acids is 1. The number of carbonyl (C=O) groups is 2. The van der Waals surface area contributed by atoms with Crippen molar-refractivity contribution in [3.05, 3.63) is 0 Å². The van der Waals surface area contributed by atoms with E-state index in [-0.39, 0.29) is 29.2 Å². The quantitative estimate of drug-likeness (QED) is 0.694. The maximum atomic E-state index is 12.5. The fourth-order valence-corrected chi connectivity index (χ4v) is 3.56. The third kappa shape index (κ3) is 4.36. The highest BCUT2D eigenvalue weighted by Crippen LogP contribution is 2.44. The highest BCUT2D eigenvalue weighted by atomic mass is 32.2. The van der Waals surface area contributed by atoms with Crippen LogP contribution < -0.4 is 11.1 Å². The Morgan fingerprint density at radius 2 is 2.05 bits per heavy atom. The lowest BCUT2D eigenvalue weighted by molar-refractivity contribution is -0.144. The smallest absolute Gasteiger partial charge is 0.326 e. The molecule has 0 aromatic rings. The van der Waals surface area contributed by atoms with E-state index in [1.54, 1.807) is 11.8 Å². The minimum absolute atomic E-state index is 0.107. The standard InChI is InChI=1S/C15H28N2O3S/c1-9-11(16)6-5-10(15(9,2)3)13(18)17-12(14(19)20)7-8-21-4/h9-12H,5-8,16H2,1-4H3,(H,17,18)(H,19,20)/t9?,10?,11?,12-/m0/s1. The summed E-state index contributed by atoms with van der Waals surface area (Å²) in [4.78, 5) is 23.8. The van der Waals surface area contributed by atoms with Crippen LogP contribution in [0.5, 0.6) is 0 Å². The molecule has 0 radical (unpaired) electrons. The molecule has 5 nitrogen and oxygen atoms in total. The number of amides is 1. The summed E-state index contributed by atoms with van der Waals surface area (Å²) in [6.45, 7) is 6.18. The van der Waals surface area contributed by atoms with Gasteiger partial charge in [0.1, 0.15) is 6.04 Å². The molecule has 0 heterocycles. The van der Waals surface area contributed by atoms with Crippen molar-refractivity contribution in [1.29, 1.82) is 0 Å². The van der Waals surface area contributed by atoms with Crippen molar-refractivity contribution in [3.63, 3.8) is 0 Å². The van der Waals surface area contributed by atoms with Crippen LogP contribution in [-0.2, 0) is 9.59 Å². The van der Waals surface area contributed by atoms with Gasteiger partial charge in [-0.1, -0.05) is 20.8 Å². The number of carbonyl (C=O) groups excluding carboxylic acids is 1. The molecule has 0 aromatic heterocycles. The van der Waals surface area contributed by atoms with Crippen LogP contribution in [0.4, 0.5) is 0 Å². The van der Waals surface area contributed by atoms with Crippen LogP contribution in [0.1, 0.15) is 40.0 Å². The van der Waals surface area contributed by atoms with Gasteiger partial charge in [-0.2, -0.15) is 11.8 Å². The number of aliphatic carboxylic acids is 1. The minimum Gasteiger partial charge on any atom is -0.480 e. The molecule has 0 spiro atoms. The first-order valence-corrected chi connectivity index (χ1v) is 8.88. The van der Waals surface area contributed by atoms with Gasteiger partial charge in [0.2, 0.25) is 5.91 Å². The van der Waals surface area contributed by atoms with Gasteiger partial charge in [-0.15, -0.1) is 0 Å². The molecule has 0 saturated heterocycles. The van der Waals surface area contributed by atoms with Gasteiger partial charge in [0, 0.05) is 12.0 Å². The molecule has 1 amide bonds. The SMILES string of the molecule is CSCC[C@H](NC(=O)C1CCC(N)C(C)C1(C)C)C(=O)O. The van der Waals surface area contributed by atoms with Crippen molar-refractivity contribution in [2.45, 2.75) is 52.1 Å². The van der Waals surface area contributed by atoms with Crippen LogP contribution >= 0.6 is 11.8 Å². The van der Waals surface area contributed by atoms with E-state index in [0.29, 0.717) is 12.2 Å². The third-order valence-electron chi connectivity index (χ3n) is 5.04. The number of nitrogens with two attached hydrogens (primary N) is 1. The van der Waals surface area contributed by atoms with Gasteiger partial charge < -0.3 is 16.2 Å². The number of rotatable bonds is 6. The molecule has 1 fully saturated rings. The lowest BCUT2D eigenvalue weighted by Gasteiger charge is -2.46. The number of carboxylic acid groups (broad SMARTS) is 1. The van der Waals surface area contributed by atoms with E-state index in [4.69, 9.17) is 5.73 Å². The summed E-state index contributed by atoms with van der Waals surface area (Å²) >= 11 is 1.58. The second kappa shape index (κ2) is 7.49. The predicted octanol–water partition coefficient (Wildman–Crippen LogP) is 1.71. The van der Waals surface area contributed by atoms with Crippen molar-refractivity contribution in [3.8, 4) is 0 Å². The summed E-state index contributed by atoms with van der Waals surface area (Å²) in [6.07, 6.45) is 3.91. The highest BCUT2D eigenvalue weighted by Gasteiger charge is 2.45. The summed E-state index contributed by atoms with van der Waals surface area (Å²) < 4.78 is 0. The molecule has 4 N–H and O–H groups in total. The Morgan fingerprint density at radius 3 is 2.57 bits per heavy atom. The van der Waals surface area contributed by atoms with Gasteiger partial charge in [-0.05, 0) is 42.6 Å². The van der Waals surface area contributed by atoms with Gasteiger partial charge in [-0.3, -0.25) is 4.79 Å². The van der Waals surface area contributed by atoms with Crippen molar-refractivity contribution < 1.29 is 14.7 Å². The molecule has 21 heavy (non-hydrogen) atoms. The number of hydrogen-bond acceptors (Lipinski definition) is 4. The van der Waals surface area contributed by atoms with Gasteiger partial charge in [0.15, 0.2) is 0 Å². The van der Waals surface area contributed by atoms with Gasteiger partial charge in [-0.25, -0.2) is 4.79 Å². The average molecular weight is 316 g/mol. The summed E-state index contributed by atoms with van der Waals surface area (Å²) in [6, 6.07) is -0.692. The fraction of sp³-hybridized carbons (Fsp3) is 0.867. The van der Waals surface area contributed by atoms with E-state index in [1.165, 1.54) is 0 Å². The zero-order valence-electron chi connectivity index (χ0n) is 13.4. The van der Waals surface area contributed by atoms with Crippen molar-refractivity contribution in [2.75, 3.05) is 12.0 Å². The van der Waals surface area contributed by atoms with E-state index in [1.807, 2.05) is 6.26 Å². The Labute approximate surface area is 131 Å². The lowest BCUT2D eigenvalue weighted by atomic mass is 9.61. The first-order valence-electron chi connectivity index (χ1n) is 7.49. The Bertz CT molecular complexity index is 387. The maximum Gasteiger partial charge on any atom is 0.326 e. The zero-order valence-corrected chi connectivity index (χ0v) is 14.2. The second-order valence-electron chi connectivity index (χ2n) is 6.58. The van der Waals surface area contributed by atoms with Crippen molar-refractivity contribution >= 4 is 23.6 Å². The average Bonchev–Trinajstić information content (AvgIpc) is 2.40. The van der Waals surface area contributed by atoms with Gasteiger partial charge >= 0.3 is 5.97 Å². The first-order chi connectivity index (χ1) is 9.71. The monoisotopic (exact) mass is 316 g/mol. The highest BCUT2D eigenvalue weighted by molar-refractivity contribution is 7.98. The van der Waals surface area contributed by atoms with Crippen LogP contribution in [-0.4, -0.2) is 41.1 Å². The normalized spacial score (nSPS) is 29.7. The molecule has 122 valence electrons. The van der Waals surface area contributed by atoms with E-state index in [2.05, 4.69) is 26.1 Å². The summed E-state index contributed by atoms with van der Waals surface area (Å²) in [5, 5.41) is 11.9. The van der Waals surface area contributed by atoms with E-state index in [0.717, 1.165) is 12.8 Å². The maximum absolute atomic E-state index is 12.5. The Hall–Kier alpha value is -0.750. The molecule has 0 aliphatic heterocycles. The molecular weight excluding hydrogens is 288 g/mol. The molecule has 1 aliphatic rings. The summed E-state index contributed by atoms with van der Waals surface area (Å²) in [5.41, 5.74) is 5.88. The Morgan fingerprint density at radius 1 is 1.43 bits per heavy atom. The molecule has 1 aliphatic carbocycles. The first kappa shape index (κ1) is 18.3. The molecule has 0 aromatic carbocycles. The van der Waals surface area contributed by atoms with Crippen LogP contribution in [0, 0.1) is 17.3 Å². The van der Waals surface area contributed by atoms with Crippen LogP contribution in [0.15, 0.2) is 0 Å². The molecule has 1 saturated carbocycles. The predicted molar refractivity (Wildman–Crippen MR) is 86.2 cm³/mol. The Kier molecular flexibility index (Phi) is 6.53. The number of hydrogen-bond donors (Lipinski definition) is 3. The summed E-state index contributed by atoms with van der Waals surface area (Å²) in [7, 11) is 0. The van der Waals surface area contributed by atoms with Crippen LogP contribution in [0.2, 0.25) is 0 Å². The van der Waals surface area contributed by atoms with Gasteiger partial charge in [0.05, 0.1) is 0 Å². The number of nitrogens with one attached hydrogen (secondary N) is 1. The molecule has 1 rings (SSSR count). The van der Waals surface area contributed by atoms with E-state index in [9.17, 15) is 14.7 Å². The van der Waals surface area contributed by atoms with E-state index >= 15 is 0 Å². The molecular formula is C15H28N2O3S. The fourth-order valence-electron chi connectivity index (χ4n) is 3.08. The largest absolute Gasteiger partial charge is 0.480 e. The minimum atomic E-state index is -0.962. The van der Waals surface area contributed by atoms with Crippen LogP contribution in [0.3, 0.4) is 0 Å². The molecule has 4 atom stereocenters. The van der Waals surface area contributed by atoms with Crippen molar-refractivity contribution in [1.82, 2.24) is 5.32 Å². The van der Waals surface area contributed by atoms with E-state index < -0.39 is 12.0 Å². The lowest BCUT2D eigenvalue weighted by Crippen LogP contribution is -2.54. The molecule has 3 unspecified atom stereocenters. The topological polar surface area (TPSA) is 92.4 Å². The third-order valence-corrected chi connectivity index (χ3v) is 5.69. The Balaban J connectivity index is 2.75. The number of thioether (sulfide) groups is 1. The molecule has 6 heteroatoms. The summed E-state index contributed by atoms with van der Waals surface area (Å²) in [5.74, 6) is -0.338. The second-order valence-corrected chi connectivity index (χ2v) is 7.57. The van der Waals surface area contributed by atoms with Crippen LogP contribution in [0.25, 0.3) is 0 Å². The molecule has 0 bridgehead atoms. The van der Waals surface area contributed by atoms with Crippen molar-refractivity contribution in [2.24, 2.45) is 23.0 Å². The zero-order chi connectivity index (χ0) is 16.2.